The van der Waals surface area contributed by atoms with E-state index in [0.717, 1.165) is 0 Å². The van der Waals surface area contributed by atoms with Crippen LogP contribution in [0.2, 0.25) is 0 Å². The number of fused-ring (bicyclic) bond motifs is 2. The highest BCUT2D eigenvalue weighted by Crippen LogP contribution is 2.29. The van der Waals surface area contributed by atoms with Crippen molar-refractivity contribution in [3.63, 3.8) is 0 Å². The highest BCUT2D eigenvalue weighted by Gasteiger charge is 2.50. The molecular weight excluding hydrogens is 152 g/mol. The average molecular weight is 162 g/mol. The molecule has 5 atom stereocenters. The van der Waals surface area contributed by atoms with Crippen molar-refractivity contribution in [1.29, 1.82) is 0 Å². The van der Waals surface area contributed by atoms with Crippen LogP contribution in [0, 0.1) is 0 Å². The summed E-state index contributed by atoms with van der Waals surface area (Å²) < 4.78 is 9.77. The maximum Gasteiger partial charge on any atom is 0.184 e. The van der Waals surface area contributed by atoms with E-state index in [1.54, 1.807) is 0 Å². The Bertz CT molecular complexity index is 161. The van der Waals surface area contributed by atoms with E-state index in [9.17, 15) is 5.11 Å². The first kappa shape index (κ1) is 7.45. The van der Waals surface area contributed by atoms with Crippen LogP contribution in [0.3, 0.4) is 0 Å². The number of aliphatic hydroxyl groups excluding tert-OH is 3. The summed E-state index contributed by atoms with van der Waals surface area (Å²) in [7, 11) is 0. The van der Waals surface area contributed by atoms with Crippen LogP contribution in [0.5, 0.6) is 0 Å². The molecule has 11 heavy (non-hydrogen) atoms. The minimum atomic E-state index is -1.10. The molecule has 2 aliphatic rings. The molecule has 2 saturated heterocycles. The lowest BCUT2D eigenvalue weighted by atomic mass is 10.0. The summed E-state index contributed by atoms with van der Waals surface area (Å²) in [6.07, 6.45) is -4.23. The van der Waals surface area contributed by atoms with Crippen molar-refractivity contribution < 1.29 is 24.8 Å². The van der Waals surface area contributed by atoms with Gasteiger partial charge in [0.05, 0.1) is 6.61 Å². The molecule has 0 radical (unpaired) electrons. The fourth-order valence-electron chi connectivity index (χ4n) is 1.48. The van der Waals surface area contributed by atoms with Crippen LogP contribution in [-0.2, 0) is 9.47 Å². The molecule has 5 heteroatoms. The Morgan fingerprint density at radius 1 is 1.09 bits per heavy atom. The molecule has 2 aliphatic heterocycles. The van der Waals surface area contributed by atoms with Crippen molar-refractivity contribution in [2.24, 2.45) is 0 Å². The van der Waals surface area contributed by atoms with Crippen molar-refractivity contribution in [2.45, 2.75) is 30.7 Å². The minimum absolute atomic E-state index is 0.115. The topological polar surface area (TPSA) is 79.2 Å². The summed E-state index contributed by atoms with van der Waals surface area (Å²) >= 11 is 0. The van der Waals surface area contributed by atoms with Gasteiger partial charge in [-0.25, -0.2) is 0 Å². The zero-order chi connectivity index (χ0) is 8.01. The molecule has 0 spiro atoms. The van der Waals surface area contributed by atoms with Gasteiger partial charge in [-0.3, -0.25) is 0 Å². The van der Waals surface area contributed by atoms with Gasteiger partial charge in [0.15, 0.2) is 6.29 Å². The third-order valence-corrected chi connectivity index (χ3v) is 2.09. The second-order valence-corrected chi connectivity index (χ2v) is 2.85. The van der Waals surface area contributed by atoms with Gasteiger partial charge in [-0.2, -0.15) is 0 Å². The van der Waals surface area contributed by atoms with E-state index in [0.29, 0.717) is 0 Å². The molecule has 0 aromatic carbocycles. The summed E-state index contributed by atoms with van der Waals surface area (Å²) in [5.74, 6) is 0. The Morgan fingerprint density at radius 3 is 2.45 bits per heavy atom. The van der Waals surface area contributed by atoms with Crippen LogP contribution in [0.1, 0.15) is 0 Å². The molecule has 5 nitrogen and oxygen atoms in total. The van der Waals surface area contributed by atoms with Crippen LogP contribution in [0.15, 0.2) is 0 Å². The van der Waals surface area contributed by atoms with Gasteiger partial charge in [-0.05, 0) is 0 Å². The Balaban J connectivity index is 2.17. The molecule has 2 fully saturated rings. The van der Waals surface area contributed by atoms with E-state index in [1.807, 2.05) is 0 Å². The van der Waals surface area contributed by atoms with Gasteiger partial charge in [0, 0.05) is 0 Å². The van der Waals surface area contributed by atoms with Gasteiger partial charge >= 0.3 is 0 Å². The van der Waals surface area contributed by atoms with E-state index >= 15 is 0 Å². The molecule has 0 aromatic heterocycles. The number of ether oxygens (including phenoxy) is 2. The zero-order valence-corrected chi connectivity index (χ0v) is 5.75. The van der Waals surface area contributed by atoms with Crippen molar-refractivity contribution in [3.8, 4) is 0 Å². The Labute approximate surface area is 63.2 Å². The summed E-state index contributed by atoms with van der Waals surface area (Å²) in [5.41, 5.74) is 0. The summed E-state index contributed by atoms with van der Waals surface area (Å²) in [5, 5.41) is 27.5. The van der Waals surface area contributed by atoms with Crippen LogP contribution < -0.4 is 0 Å². The lowest BCUT2D eigenvalue weighted by Gasteiger charge is -2.27. The largest absolute Gasteiger partial charge is 0.388 e. The van der Waals surface area contributed by atoms with E-state index in [-0.39, 0.29) is 6.61 Å². The lowest BCUT2D eigenvalue weighted by molar-refractivity contribution is -0.126. The van der Waals surface area contributed by atoms with Gasteiger partial charge in [0.25, 0.3) is 0 Å². The van der Waals surface area contributed by atoms with Crippen LogP contribution >= 0.6 is 0 Å². The Morgan fingerprint density at radius 2 is 1.82 bits per heavy atom. The second kappa shape index (κ2) is 2.40. The highest BCUT2D eigenvalue weighted by atomic mass is 16.7. The third kappa shape index (κ3) is 0.969. The first-order valence-corrected chi connectivity index (χ1v) is 3.51. The standard InChI is InChI=1S/C6H10O5/c7-2-1-10-5-3(8)4(2)11-6(5)9/h2-9H,1H2/t2-,3+,4+,5-,6?/m1/s1. The minimum Gasteiger partial charge on any atom is -0.388 e. The van der Waals surface area contributed by atoms with Crippen LogP contribution in [-0.4, -0.2) is 52.6 Å². The van der Waals surface area contributed by atoms with E-state index in [1.165, 1.54) is 0 Å². The summed E-state index contributed by atoms with van der Waals surface area (Å²) in [6.45, 7) is 0.115. The van der Waals surface area contributed by atoms with Crippen molar-refractivity contribution >= 4 is 0 Å². The molecule has 2 rings (SSSR count). The van der Waals surface area contributed by atoms with Gasteiger partial charge in [-0.15, -0.1) is 0 Å². The van der Waals surface area contributed by atoms with Gasteiger partial charge < -0.3 is 24.8 Å². The van der Waals surface area contributed by atoms with E-state index in [2.05, 4.69) is 0 Å². The molecule has 1 unspecified atom stereocenters. The van der Waals surface area contributed by atoms with E-state index < -0.39 is 30.7 Å². The number of hydrogen-bond donors (Lipinski definition) is 3. The smallest absolute Gasteiger partial charge is 0.184 e. The fourth-order valence-corrected chi connectivity index (χ4v) is 1.48. The molecule has 2 bridgehead atoms. The van der Waals surface area contributed by atoms with Gasteiger partial charge in [0.2, 0.25) is 0 Å². The third-order valence-electron chi connectivity index (χ3n) is 2.09. The van der Waals surface area contributed by atoms with Crippen molar-refractivity contribution in [3.05, 3.63) is 0 Å². The fraction of sp³-hybridized carbons (Fsp3) is 1.00. The highest BCUT2D eigenvalue weighted by molar-refractivity contribution is 4.94. The summed E-state index contributed by atoms with van der Waals surface area (Å²) in [4.78, 5) is 0. The SMILES string of the molecule is OC1O[C@@H]2[C@H](O)[C@H]1OC[C@H]2O. The van der Waals surface area contributed by atoms with Crippen molar-refractivity contribution in [2.75, 3.05) is 6.61 Å². The maximum absolute atomic E-state index is 9.28. The van der Waals surface area contributed by atoms with E-state index in [4.69, 9.17) is 19.7 Å². The predicted octanol–water partition coefficient (Wildman–Crippen LogP) is -2.18. The number of rotatable bonds is 0. The first-order valence-electron chi connectivity index (χ1n) is 3.51. The van der Waals surface area contributed by atoms with Crippen molar-refractivity contribution in [1.82, 2.24) is 0 Å². The quantitative estimate of drug-likeness (QED) is 0.377. The Kier molecular flexibility index (Phi) is 1.62. The molecule has 0 amide bonds. The lowest BCUT2D eigenvalue weighted by Crippen LogP contribution is -2.48. The monoisotopic (exact) mass is 162 g/mol. The van der Waals surface area contributed by atoms with Crippen LogP contribution in [0.25, 0.3) is 0 Å². The predicted molar refractivity (Wildman–Crippen MR) is 32.6 cm³/mol. The molecule has 0 aromatic rings. The number of aliphatic hydroxyl groups is 3. The average Bonchev–Trinajstić information content (AvgIpc) is 2.12. The van der Waals surface area contributed by atoms with Gasteiger partial charge in [-0.1, -0.05) is 0 Å². The normalized spacial score (nSPS) is 56.5. The maximum atomic E-state index is 9.28. The molecule has 3 N–H and O–H groups in total. The Hall–Kier alpha value is -0.200. The van der Waals surface area contributed by atoms with Gasteiger partial charge in [0.1, 0.15) is 24.4 Å². The summed E-state index contributed by atoms with van der Waals surface area (Å²) in [6, 6.07) is 0. The zero-order valence-electron chi connectivity index (χ0n) is 5.75. The van der Waals surface area contributed by atoms with Crippen LogP contribution in [0.4, 0.5) is 0 Å². The molecule has 2 heterocycles. The molecule has 0 aliphatic carbocycles. The number of hydrogen-bond acceptors (Lipinski definition) is 5. The first-order chi connectivity index (χ1) is 5.20. The second-order valence-electron chi connectivity index (χ2n) is 2.85. The molecular formula is C6H10O5. The molecule has 64 valence electrons. The molecule has 0 saturated carbocycles.